The van der Waals surface area contributed by atoms with Gasteiger partial charge in [0.25, 0.3) is 0 Å². The molecule has 1 N–H and O–H groups in total. The van der Waals surface area contributed by atoms with Crippen LogP contribution in [0.5, 0.6) is 0 Å². The molecule has 0 aromatic heterocycles. The second kappa shape index (κ2) is 3.32. The molecule has 3 nitrogen and oxygen atoms in total. The predicted molar refractivity (Wildman–Crippen MR) is 46.0 cm³/mol. The molecule has 0 bridgehead atoms. The van der Waals surface area contributed by atoms with E-state index in [2.05, 4.69) is 11.8 Å². The third kappa shape index (κ3) is 1.49. The first-order chi connectivity index (χ1) is 5.77. The summed E-state index contributed by atoms with van der Waals surface area (Å²) >= 11 is 0. The Balaban J connectivity index is 1.99. The van der Waals surface area contributed by atoms with Gasteiger partial charge in [-0.25, -0.2) is 0 Å². The summed E-state index contributed by atoms with van der Waals surface area (Å²) in [6.45, 7) is 4.90. The third-order valence-corrected chi connectivity index (χ3v) is 2.97. The topological polar surface area (TPSA) is 32.7 Å². The molecule has 2 aliphatic rings. The van der Waals surface area contributed by atoms with E-state index in [1.807, 2.05) is 0 Å². The van der Waals surface area contributed by atoms with E-state index in [9.17, 15) is 5.11 Å². The smallest absolute Gasteiger partial charge is 0.0623 e. The lowest BCUT2D eigenvalue weighted by atomic mass is 9.97. The molecule has 2 aliphatic heterocycles. The minimum Gasteiger partial charge on any atom is -0.393 e. The highest BCUT2D eigenvalue weighted by atomic mass is 16.5. The van der Waals surface area contributed by atoms with Crippen LogP contribution in [0.15, 0.2) is 0 Å². The van der Waals surface area contributed by atoms with Crippen LogP contribution in [0, 0.1) is 0 Å². The number of aliphatic hydroxyl groups excluding tert-OH is 1. The van der Waals surface area contributed by atoms with Crippen LogP contribution in [0.1, 0.15) is 19.8 Å². The van der Waals surface area contributed by atoms with Crippen molar-refractivity contribution in [2.45, 2.75) is 38.0 Å². The molecule has 0 spiro atoms. The summed E-state index contributed by atoms with van der Waals surface area (Å²) in [5.74, 6) is 0. The summed E-state index contributed by atoms with van der Waals surface area (Å²) in [5, 5.41) is 9.45. The van der Waals surface area contributed by atoms with Gasteiger partial charge in [-0.3, -0.25) is 4.90 Å². The van der Waals surface area contributed by atoms with Crippen molar-refractivity contribution in [3.05, 3.63) is 0 Å². The second-order valence-electron chi connectivity index (χ2n) is 3.96. The maximum Gasteiger partial charge on any atom is 0.0623 e. The zero-order chi connectivity index (χ0) is 8.55. The van der Waals surface area contributed by atoms with Gasteiger partial charge in [-0.15, -0.1) is 0 Å². The molecule has 2 saturated heterocycles. The molecule has 12 heavy (non-hydrogen) atoms. The van der Waals surface area contributed by atoms with Crippen molar-refractivity contribution in [2.24, 2.45) is 0 Å². The fraction of sp³-hybridized carbons (Fsp3) is 1.00. The van der Waals surface area contributed by atoms with Crippen molar-refractivity contribution in [3.63, 3.8) is 0 Å². The minimum atomic E-state index is -0.0971. The third-order valence-electron chi connectivity index (χ3n) is 2.97. The number of piperidine rings is 1. The van der Waals surface area contributed by atoms with E-state index in [1.54, 1.807) is 0 Å². The molecule has 70 valence electrons. The Bertz CT molecular complexity index is 163. The van der Waals surface area contributed by atoms with Crippen molar-refractivity contribution >= 4 is 0 Å². The average Bonchev–Trinajstić information content (AvgIpc) is 2.04. The van der Waals surface area contributed by atoms with Crippen molar-refractivity contribution in [1.82, 2.24) is 4.90 Å². The highest BCUT2D eigenvalue weighted by Gasteiger charge is 2.33. The number of fused-ring (bicyclic) bond motifs is 1. The van der Waals surface area contributed by atoms with Crippen molar-refractivity contribution in [3.8, 4) is 0 Å². The van der Waals surface area contributed by atoms with Crippen LogP contribution in [0.3, 0.4) is 0 Å². The van der Waals surface area contributed by atoms with Gasteiger partial charge in [0.05, 0.1) is 19.3 Å². The molecule has 0 amide bonds. The Morgan fingerprint density at radius 3 is 3.08 bits per heavy atom. The molecule has 0 unspecified atom stereocenters. The fourth-order valence-corrected chi connectivity index (χ4v) is 2.26. The van der Waals surface area contributed by atoms with E-state index in [0.29, 0.717) is 12.1 Å². The Morgan fingerprint density at radius 2 is 2.25 bits per heavy atom. The van der Waals surface area contributed by atoms with Crippen LogP contribution in [0.2, 0.25) is 0 Å². The summed E-state index contributed by atoms with van der Waals surface area (Å²) < 4.78 is 5.45. The summed E-state index contributed by atoms with van der Waals surface area (Å²) in [4.78, 5) is 2.47. The number of morpholine rings is 1. The van der Waals surface area contributed by atoms with E-state index in [4.69, 9.17) is 4.74 Å². The van der Waals surface area contributed by atoms with Crippen molar-refractivity contribution < 1.29 is 9.84 Å². The van der Waals surface area contributed by atoms with Gasteiger partial charge in [-0.2, -0.15) is 0 Å². The van der Waals surface area contributed by atoms with E-state index < -0.39 is 0 Å². The molecular formula is C9H17NO2. The highest BCUT2D eigenvalue weighted by molar-refractivity contribution is 4.87. The molecule has 2 fully saturated rings. The first kappa shape index (κ1) is 8.48. The minimum absolute atomic E-state index is 0.0971. The monoisotopic (exact) mass is 171 g/mol. The average molecular weight is 171 g/mol. The quantitative estimate of drug-likeness (QED) is 0.566. The van der Waals surface area contributed by atoms with Gasteiger partial charge in [0, 0.05) is 18.6 Å². The molecule has 3 atom stereocenters. The largest absolute Gasteiger partial charge is 0.393 e. The number of hydrogen-bond acceptors (Lipinski definition) is 3. The molecule has 0 aromatic rings. The zero-order valence-corrected chi connectivity index (χ0v) is 7.57. The van der Waals surface area contributed by atoms with E-state index >= 15 is 0 Å². The van der Waals surface area contributed by atoms with E-state index in [-0.39, 0.29) is 6.10 Å². The van der Waals surface area contributed by atoms with Crippen LogP contribution in [0.25, 0.3) is 0 Å². The van der Waals surface area contributed by atoms with Crippen LogP contribution in [-0.4, -0.2) is 48.0 Å². The molecule has 3 heteroatoms. The normalized spacial score (nSPS) is 44.0. The first-order valence-corrected chi connectivity index (χ1v) is 4.79. The number of nitrogens with zero attached hydrogens (tertiary/aromatic N) is 1. The molecular weight excluding hydrogens is 154 g/mol. The number of hydrogen-bond donors (Lipinski definition) is 1. The van der Waals surface area contributed by atoms with Crippen LogP contribution >= 0.6 is 0 Å². The standard InChI is InChI=1S/C9H17NO2/c1-7-5-12-6-8-4-9(11)2-3-10(7)8/h7-9,11H,2-6H2,1H3/t7-,8+,9-/m1/s1. The molecule has 2 rings (SSSR count). The molecule has 0 saturated carbocycles. The van der Waals surface area contributed by atoms with Gasteiger partial charge in [0.15, 0.2) is 0 Å². The Morgan fingerprint density at radius 1 is 1.42 bits per heavy atom. The lowest BCUT2D eigenvalue weighted by Crippen LogP contribution is -2.55. The maximum atomic E-state index is 9.45. The van der Waals surface area contributed by atoms with Gasteiger partial charge in [0.2, 0.25) is 0 Å². The molecule has 0 aliphatic carbocycles. The highest BCUT2D eigenvalue weighted by Crippen LogP contribution is 2.23. The number of ether oxygens (including phenoxy) is 1. The first-order valence-electron chi connectivity index (χ1n) is 4.79. The summed E-state index contributed by atoms with van der Waals surface area (Å²) in [5.41, 5.74) is 0. The fourth-order valence-electron chi connectivity index (χ4n) is 2.26. The van der Waals surface area contributed by atoms with Gasteiger partial charge in [-0.1, -0.05) is 0 Å². The van der Waals surface area contributed by atoms with Crippen molar-refractivity contribution in [1.29, 1.82) is 0 Å². The predicted octanol–water partition coefficient (Wildman–Crippen LogP) is 0.230. The number of aliphatic hydroxyl groups is 1. The summed E-state index contributed by atoms with van der Waals surface area (Å²) in [6.07, 6.45) is 1.73. The van der Waals surface area contributed by atoms with E-state index in [1.165, 1.54) is 0 Å². The number of rotatable bonds is 0. The SMILES string of the molecule is C[C@@H]1COC[C@@H]2C[C@H](O)CCN21. The van der Waals surface area contributed by atoms with Crippen molar-refractivity contribution in [2.75, 3.05) is 19.8 Å². The van der Waals surface area contributed by atoms with Gasteiger partial charge in [0.1, 0.15) is 0 Å². The maximum absolute atomic E-state index is 9.45. The molecule has 0 radical (unpaired) electrons. The van der Waals surface area contributed by atoms with Crippen LogP contribution in [-0.2, 0) is 4.74 Å². The Kier molecular flexibility index (Phi) is 2.35. The van der Waals surface area contributed by atoms with E-state index in [0.717, 1.165) is 32.6 Å². The van der Waals surface area contributed by atoms with Gasteiger partial charge >= 0.3 is 0 Å². The zero-order valence-electron chi connectivity index (χ0n) is 7.57. The Hall–Kier alpha value is -0.120. The van der Waals surface area contributed by atoms with Gasteiger partial charge in [-0.05, 0) is 19.8 Å². The molecule has 2 heterocycles. The summed E-state index contributed by atoms with van der Waals surface area (Å²) in [6, 6.07) is 1.01. The summed E-state index contributed by atoms with van der Waals surface area (Å²) in [7, 11) is 0. The Labute approximate surface area is 73.3 Å². The van der Waals surface area contributed by atoms with Crippen LogP contribution < -0.4 is 0 Å². The lowest BCUT2D eigenvalue weighted by Gasteiger charge is -2.44. The molecule has 0 aromatic carbocycles. The van der Waals surface area contributed by atoms with Crippen LogP contribution in [0.4, 0.5) is 0 Å². The van der Waals surface area contributed by atoms with Gasteiger partial charge < -0.3 is 9.84 Å². The lowest BCUT2D eigenvalue weighted by molar-refractivity contribution is -0.0816. The second-order valence-corrected chi connectivity index (χ2v) is 3.96.